The van der Waals surface area contributed by atoms with Crippen molar-refractivity contribution < 1.29 is 0 Å². The molecule has 3 nitrogen and oxygen atoms in total. The van der Waals surface area contributed by atoms with Crippen LogP contribution in [-0.2, 0) is 0 Å². The number of hydrazone groups is 1. The molecule has 0 saturated carbocycles. The van der Waals surface area contributed by atoms with Gasteiger partial charge < -0.3 is 5.32 Å². The lowest BCUT2D eigenvalue weighted by Crippen LogP contribution is -2.46. The summed E-state index contributed by atoms with van der Waals surface area (Å²) < 4.78 is 0. The average Bonchev–Trinajstić information content (AvgIpc) is 2.05. The number of nitrogens with one attached hydrogen (secondary N) is 1. The van der Waals surface area contributed by atoms with Crippen molar-refractivity contribution in [3.8, 4) is 0 Å². The van der Waals surface area contributed by atoms with Gasteiger partial charge in [-0.25, -0.2) is 5.01 Å². The molecule has 0 saturated heterocycles. The van der Waals surface area contributed by atoms with Crippen LogP contribution < -0.4 is 5.32 Å². The third kappa shape index (κ3) is 2.66. The minimum atomic E-state index is 0.0224. The van der Waals surface area contributed by atoms with Crippen molar-refractivity contribution in [1.82, 2.24) is 10.3 Å². The summed E-state index contributed by atoms with van der Waals surface area (Å²) in [5, 5.41) is 10.3. The van der Waals surface area contributed by atoms with Crippen LogP contribution in [0.2, 0.25) is 0 Å². The van der Waals surface area contributed by atoms with Crippen molar-refractivity contribution >= 4 is 23.0 Å². The molecule has 0 aromatic carbocycles. The first kappa shape index (κ1) is 10.4. The van der Waals surface area contributed by atoms with Crippen molar-refractivity contribution in [2.75, 3.05) is 6.54 Å². The molecule has 0 radical (unpaired) electrons. The Hall–Kier alpha value is -0.640. The molecule has 0 unspecified atom stereocenters. The van der Waals surface area contributed by atoms with E-state index in [9.17, 15) is 0 Å². The molecule has 1 aliphatic heterocycles. The van der Waals surface area contributed by atoms with E-state index in [1.54, 1.807) is 0 Å². The van der Waals surface area contributed by atoms with Crippen molar-refractivity contribution in [1.29, 1.82) is 0 Å². The Morgan fingerprint density at radius 2 is 2.23 bits per heavy atom. The summed E-state index contributed by atoms with van der Waals surface area (Å²) >= 11 is 5.22. The predicted octanol–water partition coefficient (Wildman–Crippen LogP) is 1.74. The largest absolute Gasteiger partial charge is 0.356 e. The molecule has 1 rings (SSSR count). The maximum Gasteiger partial charge on any atom is 0.190 e. The zero-order valence-corrected chi connectivity index (χ0v) is 9.53. The van der Waals surface area contributed by atoms with Crippen LogP contribution in [0.15, 0.2) is 5.10 Å². The van der Waals surface area contributed by atoms with Crippen LogP contribution in [0.3, 0.4) is 0 Å². The quantitative estimate of drug-likeness (QED) is 0.652. The van der Waals surface area contributed by atoms with Gasteiger partial charge in [0.15, 0.2) is 5.11 Å². The summed E-state index contributed by atoms with van der Waals surface area (Å²) in [4.78, 5) is 0. The summed E-state index contributed by atoms with van der Waals surface area (Å²) in [7, 11) is 0. The highest BCUT2D eigenvalue weighted by atomic mass is 32.1. The normalized spacial score (nSPS) is 22.0. The van der Waals surface area contributed by atoms with Gasteiger partial charge in [-0.3, -0.25) is 0 Å². The number of hydrogen-bond donors (Lipinski definition) is 1. The first-order chi connectivity index (χ1) is 5.94. The Labute approximate surface area is 85.2 Å². The van der Waals surface area contributed by atoms with Gasteiger partial charge in [0, 0.05) is 24.2 Å². The molecule has 0 atom stereocenters. The molecule has 0 fully saturated rings. The van der Waals surface area contributed by atoms with Crippen LogP contribution in [-0.4, -0.2) is 27.9 Å². The Morgan fingerprint density at radius 3 is 2.77 bits per heavy atom. The van der Waals surface area contributed by atoms with Gasteiger partial charge in [-0.1, -0.05) is 0 Å². The van der Waals surface area contributed by atoms with Gasteiger partial charge in [-0.05, 0) is 39.9 Å². The lowest BCUT2D eigenvalue weighted by Gasteiger charge is -2.26. The van der Waals surface area contributed by atoms with Gasteiger partial charge in [0.25, 0.3) is 0 Å². The van der Waals surface area contributed by atoms with Crippen molar-refractivity contribution in [3.05, 3.63) is 0 Å². The monoisotopic (exact) mass is 199 g/mol. The second-order valence-electron chi connectivity index (χ2n) is 4.04. The lowest BCUT2D eigenvalue weighted by atomic mass is 9.98. The Morgan fingerprint density at radius 1 is 1.62 bits per heavy atom. The number of thiocarbonyl (C=S) groups is 1. The van der Waals surface area contributed by atoms with Gasteiger partial charge in [-0.2, -0.15) is 5.10 Å². The van der Waals surface area contributed by atoms with Crippen molar-refractivity contribution in [2.24, 2.45) is 5.10 Å². The summed E-state index contributed by atoms with van der Waals surface area (Å²) in [6.07, 6.45) is 0.934. The molecule has 0 aromatic rings. The number of hydrogen-bond acceptors (Lipinski definition) is 2. The van der Waals surface area contributed by atoms with E-state index in [-0.39, 0.29) is 5.54 Å². The van der Waals surface area contributed by atoms with E-state index in [0.717, 1.165) is 23.8 Å². The first-order valence-corrected chi connectivity index (χ1v) is 4.99. The fourth-order valence-corrected chi connectivity index (χ4v) is 1.99. The van der Waals surface area contributed by atoms with Crippen LogP contribution in [0.5, 0.6) is 0 Å². The Kier molecular flexibility index (Phi) is 2.91. The maximum atomic E-state index is 5.22. The summed E-state index contributed by atoms with van der Waals surface area (Å²) in [6, 6.07) is 0. The molecule has 0 spiro atoms. The molecular weight excluding hydrogens is 182 g/mol. The third-order valence-corrected chi connectivity index (χ3v) is 2.28. The predicted molar refractivity (Wildman–Crippen MR) is 59.9 cm³/mol. The minimum absolute atomic E-state index is 0.0224. The molecule has 4 heteroatoms. The SMILES string of the molecule is CCN1N=C(C)CC(C)(C)NC1=S. The van der Waals surface area contributed by atoms with E-state index in [0.29, 0.717) is 0 Å². The fraction of sp³-hybridized carbons (Fsp3) is 0.778. The Balaban J connectivity index is 2.87. The second kappa shape index (κ2) is 3.62. The number of nitrogens with zero attached hydrogens (tertiary/aromatic N) is 2. The van der Waals surface area contributed by atoms with Crippen LogP contribution in [0.1, 0.15) is 34.1 Å². The standard InChI is InChI=1S/C9H17N3S/c1-5-12-8(13)10-9(3,4)6-7(2)11-12/h5-6H2,1-4H3,(H,10,13). The van der Waals surface area contributed by atoms with E-state index in [2.05, 4.69) is 24.3 Å². The second-order valence-corrected chi connectivity index (χ2v) is 4.43. The molecule has 1 N–H and O–H groups in total. The molecule has 13 heavy (non-hydrogen) atoms. The topological polar surface area (TPSA) is 27.6 Å². The molecule has 1 aliphatic rings. The minimum Gasteiger partial charge on any atom is -0.356 e. The molecular formula is C9H17N3S. The first-order valence-electron chi connectivity index (χ1n) is 4.58. The number of rotatable bonds is 1. The third-order valence-electron chi connectivity index (χ3n) is 1.97. The summed E-state index contributed by atoms with van der Waals surface area (Å²) in [6.45, 7) is 9.18. The van der Waals surface area contributed by atoms with E-state index in [1.807, 2.05) is 18.9 Å². The summed E-state index contributed by atoms with van der Waals surface area (Å²) in [5.74, 6) is 0. The molecule has 0 aliphatic carbocycles. The zero-order chi connectivity index (χ0) is 10.1. The van der Waals surface area contributed by atoms with E-state index < -0.39 is 0 Å². The molecule has 0 bridgehead atoms. The van der Waals surface area contributed by atoms with E-state index in [1.165, 1.54) is 0 Å². The van der Waals surface area contributed by atoms with Gasteiger partial charge in [0.2, 0.25) is 0 Å². The Bertz CT molecular complexity index is 245. The molecule has 0 aromatic heterocycles. The summed E-state index contributed by atoms with van der Waals surface area (Å²) in [5.41, 5.74) is 1.15. The smallest absolute Gasteiger partial charge is 0.190 e. The van der Waals surface area contributed by atoms with Gasteiger partial charge in [0.05, 0.1) is 0 Å². The van der Waals surface area contributed by atoms with E-state index >= 15 is 0 Å². The zero-order valence-electron chi connectivity index (χ0n) is 8.72. The fourth-order valence-electron chi connectivity index (χ4n) is 1.54. The highest BCUT2D eigenvalue weighted by Crippen LogP contribution is 2.14. The molecule has 0 amide bonds. The van der Waals surface area contributed by atoms with E-state index in [4.69, 9.17) is 12.2 Å². The molecule has 1 heterocycles. The maximum absolute atomic E-state index is 5.22. The average molecular weight is 199 g/mol. The van der Waals surface area contributed by atoms with Crippen molar-refractivity contribution in [3.63, 3.8) is 0 Å². The van der Waals surface area contributed by atoms with Crippen LogP contribution >= 0.6 is 12.2 Å². The molecule has 74 valence electrons. The highest BCUT2D eigenvalue weighted by Gasteiger charge is 2.25. The lowest BCUT2D eigenvalue weighted by molar-refractivity contribution is 0.432. The highest BCUT2D eigenvalue weighted by molar-refractivity contribution is 7.80. The van der Waals surface area contributed by atoms with Crippen LogP contribution in [0.25, 0.3) is 0 Å². The van der Waals surface area contributed by atoms with Gasteiger partial charge >= 0.3 is 0 Å². The van der Waals surface area contributed by atoms with Gasteiger partial charge in [0.1, 0.15) is 0 Å². The van der Waals surface area contributed by atoms with Gasteiger partial charge in [-0.15, -0.1) is 0 Å². The van der Waals surface area contributed by atoms with Crippen LogP contribution in [0, 0.1) is 0 Å². The van der Waals surface area contributed by atoms with Crippen molar-refractivity contribution in [2.45, 2.75) is 39.7 Å². The van der Waals surface area contributed by atoms with Crippen LogP contribution in [0.4, 0.5) is 0 Å².